The third-order valence-corrected chi connectivity index (χ3v) is 5.99. The molecule has 1 aliphatic rings. The Morgan fingerprint density at radius 2 is 1.71 bits per heavy atom. The zero-order chi connectivity index (χ0) is 19.5. The molecular weight excluding hydrogens is 485 g/mol. The minimum atomic E-state index is -0.268. The van der Waals surface area contributed by atoms with Crippen molar-refractivity contribution in [2.45, 2.75) is 0 Å². The van der Waals surface area contributed by atoms with Crippen LogP contribution in [0.15, 0.2) is 71.6 Å². The van der Waals surface area contributed by atoms with Crippen LogP contribution in [0.5, 0.6) is 5.75 Å². The van der Waals surface area contributed by atoms with Crippen LogP contribution >= 0.6 is 34.4 Å². The van der Waals surface area contributed by atoms with E-state index in [9.17, 15) is 9.59 Å². The van der Waals surface area contributed by atoms with Gasteiger partial charge in [0.15, 0.2) is 0 Å². The highest BCUT2D eigenvalue weighted by atomic mass is 127. The Hall–Kier alpha value is -2.32. The van der Waals surface area contributed by atoms with Gasteiger partial charge in [0, 0.05) is 8.96 Å². The molecule has 0 atom stereocenters. The Morgan fingerprint density at radius 1 is 0.964 bits per heavy atom. The van der Waals surface area contributed by atoms with Gasteiger partial charge in [0.05, 0.1) is 11.4 Å². The van der Waals surface area contributed by atoms with Crippen molar-refractivity contribution in [3.63, 3.8) is 0 Å². The molecule has 3 aromatic carbocycles. The number of carbonyl (C=O) groups excluding carboxylic acids is 2. The van der Waals surface area contributed by atoms with Crippen molar-refractivity contribution in [3.05, 3.63) is 80.8 Å². The molecule has 0 radical (unpaired) electrons. The van der Waals surface area contributed by atoms with Crippen molar-refractivity contribution in [2.75, 3.05) is 13.2 Å². The van der Waals surface area contributed by atoms with Crippen LogP contribution in [0.3, 0.4) is 0 Å². The van der Waals surface area contributed by atoms with Gasteiger partial charge in [0.1, 0.15) is 12.4 Å². The second kappa shape index (κ2) is 8.36. The fraction of sp³-hybridized carbons (Fsp3) is 0.0909. The number of hydrogen-bond donors (Lipinski definition) is 0. The van der Waals surface area contributed by atoms with E-state index in [-0.39, 0.29) is 24.3 Å². The van der Waals surface area contributed by atoms with Crippen molar-refractivity contribution in [1.29, 1.82) is 0 Å². The van der Waals surface area contributed by atoms with E-state index in [0.717, 1.165) is 37.4 Å². The number of amides is 2. The number of nitrogens with zero attached hydrogens (tertiary/aromatic N) is 1. The summed E-state index contributed by atoms with van der Waals surface area (Å²) in [5.74, 6) is 0.481. The molecular formula is C22H16INO3S. The zero-order valence-corrected chi connectivity index (χ0v) is 17.8. The first-order valence-electron chi connectivity index (χ1n) is 8.73. The van der Waals surface area contributed by atoms with Crippen LogP contribution in [-0.4, -0.2) is 29.2 Å². The molecule has 0 spiro atoms. The molecule has 1 aliphatic heterocycles. The summed E-state index contributed by atoms with van der Waals surface area (Å²) in [7, 11) is 0. The molecule has 2 amide bonds. The number of carbonyl (C=O) groups is 2. The zero-order valence-electron chi connectivity index (χ0n) is 14.8. The number of fused-ring (bicyclic) bond motifs is 1. The highest BCUT2D eigenvalue weighted by Crippen LogP contribution is 2.32. The van der Waals surface area contributed by atoms with Crippen molar-refractivity contribution in [2.24, 2.45) is 0 Å². The molecule has 3 aromatic rings. The Bertz CT molecular complexity index is 1070. The van der Waals surface area contributed by atoms with Crippen LogP contribution in [0.4, 0.5) is 4.79 Å². The number of rotatable bonds is 5. The van der Waals surface area contributed by atoms with Crippen LogP contribution in [-0.2, 0) is 4.79 Å². The molecule has 4 rings (SSSR count). The summed E-state index contributed by atoms with van der Waals surface area (Å²) in [5.41, 5.74) is 0.901. The van der Waals surface area contributed by atoms with Crippen molar-refractivity contribution >= 4 is 62.3 Å². The molecule has 1 saturated heterocycles. The normalized spacial score (nSPS) is 15.6. The summed E-state index contributed by atoms with van der Waals surface area (Å²) in [5, 5.41) is 1.84. The lowest BCUT2D eigenvalue weighted by atomic mass is 10.1. The van der Waals surface area contributed by atoms with Gasteiger partial charge in [-0.2, -0.15) is 0 Å². The summed E-state index contributed by atoms with van der Waals surface area (Å²) >= 11 is 3.20. The fourth-order valence-electron chi connectivity index (χ4n) is 2.97. The molecule has 28 heavy (non-hydrogen) atoms. The monoisotopic (exact) mass is 501 g/mol. The molecule has 0 unspecified atom stereocenters. The lowest BCUT2D eigenvalue weighted by molar-refractivity contribution is -0.123. The average molecular weight is 501 g/mol. The molecule has 0 aliphatic carbocycles. The van der Waals surface area contributed by atoms with Crippen LogP contribution in [0.1, 0.15) is 5.56 Å². The van der Waals surface area contributed by atoms with E-state index in [4.69, 9.17) is 4.74 Å². The van der Waals surface area contributed by atoms with Crippen molar-refractivity contribution in [3.8, 4) is 5.75 Å². The highest BCUT2D eigenvalue weighted by molar-refractivity contribution is 14.1. The second-order valence-corrected chi connectivity index (χ2v) is 8.45. The van der Waals surface area contributed by atoms with Gasteiger partial charge in [-0.1, -0.05) is 48.5 Å². The summed E-state index contributed by atoms with van der Waals surface area (Å²) in [6.45, 7) is 0.473. The van der Waals surface area contributed by atoms with Crippen LogP contribution < -0.4 is 4.74 Å². The lowest BCUT2D eigenvalue weighted by Crippen LogP contribution is -2.32. The molecule has 1 heterocycles. The summed E-state index contributed by atoms with van der Waals surface area (Å²) in [6.07, 6.45) is 1.76. The van der Waals surface area contributed by atoms with Crippen LogP contribution in [0, 0.1) is 3.57 Å². The Kier molecular flexibility index (Phi) is 5.68. The first kappa shape index (κ1) is 19.0. The fourth-order valence-corrected chi connectivity index (χ4v) is 4.20. The van der Waals surface area contributed by atoms with Gasteiger partial charge in [-0.3, -0.25) is 14.5 Å². The third-order valence-electron chi connectivity index (χ3n) is 4.36. The van der Waals surface area contributed by atoms with Gasteiger partial charge in [-0.05, 0) is 69.6 Å². The van der Waals surface area contributed by atoms with E-state index in [2.05, 4.69) is 22.6 Å². The van der Waals surface area contributed by atoms with Gasteiger partial charge >= 0.3 is 0 Å². The van der Waals surface area contributed by atoms with Crippen LogP contribution in [0.2, 0.25) is 0 Å². The lowest BCUT2D eigenvalue weighted by Gasteiger charge is -2.14. The van der Waals surface area contributed by atoms with Gasteiger partial charge in [-0.15, -0.1) is 0 Å². The van der Waals surface area contributed by atoms with Crippen molar-refractivity contribution < 1.29 is 14.3 Å². The predicted octanol–water partition coefficient (Wildman–Crippen LogP) is 5.56. The van der Waals surface area contributed by atoms with E-state index >= 15 is 0 Å². The maximum Gasteiger partial charge on any atom is 0.293 e. The smallest absolute Gasteiger partial charge is 0.293 e. The van der Waals surface area contributed by atoms with Gasteiger partial charge in [-0.25, -0.2) is 0 Å². The Labute approximate surface area is 180 Å². The van der Waals surface area contributed by atoms with Gasteiger partial charge in [0.25, 0.3) is 11.1 Å². The minimum Gasteiger partial charge on any atom is -0.491 e. The summed E-state index contributed by atoms with van der Waals surface area (Å²) < 4.78 is 6.99. The van der Waals surface area contributed by atoms with Crippen molar-refractivity contribution in [1.82, 2.24) is 4.90 Å². The maximum absolute atomic E-state index is 12.6. The largest absolute Gasteiger partial charge is 0.491 e. The van der Waals surface area contributed by atoms with E-state index in [1.165, 1.54) is 4.90 Å². The molecule has 0 saturated carbocycles. The minimum absolute atomic E-state index is 0.220. The molecule has 6 heteroatoms. The number of ether oxygens (including phenoxy) is 1. The predicted molar refractivity (Wildman–Crippen MR) is 121 cm³/mol. The first-order valence-corrected chi connectivity index (χ1v) is 10.6. The number of hydrogen-bond acceptors (Lipinski definition) is 4. The van der Waals surface area contributed by atoms with Gasteiger partial charge in [0.2, 0.25) is 0 Å². The number of halogens is 1. The molecule has 0 N–H and O–H groups in total. The molecule has 0 aromatic heterocycles. The molecule has 4 nitrogen and oxygen atoms in total. The van der Waals surface area contributed by atoms with Crippen LogP contribution in [0.25, 0.3) is 16.8 Å². The summed E-state index contributed by atoms with van der Waals surface area (Å²) in [6, 6.07) is 21.6. The number of imide groups is 1. The van der Waals surface area contributed by atoms with E-state index in [1.54, 1.807) is 6.08 Å². The quantitative estimate of drug-likeness (QED) is 0.339. The standard InChI is InChI=1S/C22H16INO3S/c23-17-10-8-15(9-11-17)14-20-21(25)24(22(26)28-20)12-13-27-19-7-3-5-16-4-1-2-6-18(16)19/h1-11,14H,12-13H2/b20-14-. The van der Waals surface area contributed by atoms with E-state index in [1.807, 2.05) is 66.7 Å². The number of benzene rings is 3. The van der Waals surface area contributed by atoms with E-state index < -0.39 is 0 Å². The first-order chi connectivity index (χ1) is 13.6. The Balaban J connectivity index is 1.43. The topological polar surface area (TPSA) is 46.6 Å². The third kappa shape index (κ3) is 4.07. The van der Waals surface area contributed by atoms with E-state index in [0.29, 0.717) is 4.91 Å². The Morgan fingerprint density at radius 3 is 2.54 bits per heavy atom. The SMILES string of the molecule is O=C1S/C(=C\c2ccc(I)cc2)C(=O)N1CCOc1cccc2ccccc12. The molecule has 0 bridgehead atoms. The molecule has 140 valence electrons. The maximum atomic E-state index is 12.6. The highest BCUT2D eigenvalue weighted by Gasteiger charge is 2.34. The number of thioether (sulfide) groups is 1. The second-order valence-electron chi connectivity index (χ2n) is 6.21. The average Bonchev–Trinajstić information content (AvgIpc) is 2.97. The summed E-state index contributed by atoms with van der Waals surface area (Å²) in [4.78, 5) is 26.6. The van der Waals surface area contributed by atoms with Gasteiger partial charge < -0.3 is 4.74 Å². The molecule has 1 fully saturated rings.